The van der Waals surface area contributed by atoms with Crippen LogP contribution in [0.2, 0.25) is 0 Å². The lowest BCUT2D eigenvalue weighted by atomic mass is 9.91. The van der Waals surface area contributed by atoms with Crippen molar-refractivity contribution in [1.29, 1.82) is 0 Å². The van der Waals surface area contributed by atoms with Gasteiger partial charge in [-0.05, 0) is 67.0 Å². The quantitative estimate of drug-likeness (QED) is 0.279. The number of carbonyl (C=O) groups is 3. The Kier molecular flexibility index (Phi) is 7.63. The third-order valence-electron chi connectivity index (χ3n) is 8.11. The van der Waals surface area contributed by atoms with Gasteiger partial charge >= 0.3 is 5.97 Å². The van der Waals surface area contributed by atoms with Crippen molar-refractivity contribution in [2.24, 2.45) is 11.8 Å². The van der Waals surface area contributed by atoms with Gasteiger partial charge in [-0.1, -0.05) is 62.6 Å². The summed E-state index contributed by atoms with van der Waals surface area (Å²) in [5.74, 6) is -0.357. The van der Waals surface area contributed by atoms with Crippen molar-refractivity contribution in [2.45, 2.75) is 57.4 Å². The first-order chi connectivity index (χ1) is 18.4. The smallest absolute Gasteiger partial charge is 0.352 e. The van der Waals surface area contributed by atoms with Gasteiger partial charge in [-0.15, -0.1) is 0 Å². The van der Waals surface area contributed by atoms with Gasteiger partial charge in [0.1, 0.15) is 11.7 Å². The highest BCUT2D eigenvalue weighted by Gasteiger charge is 2.42. The molecule has 1 aliphatic carbocycles. The summed E-state index contributed by atoms with van der Waals surface area (Å²) in [4.78, 5) is 43.0. The normalized spacial score (nSPS) is 24.0. The molecule has 2 heterocycles. The summed E-state index contributed by atoms with van der Waals surface area (Å²) in [5, 5.41) is 13.0. The first kappa shape index (κ1) is 25.8. The zero-order valence-corrected chi connectivity index (χ0v) is 21.7. The number of allylic oxidation sites excluding steroid dienone is 1. The maximum atomic E-state index is 13.7. The molecule has 1 aliphatic heterocycles. The Morgan fingerprint density at radius 2 is 1.82 bits per heavy atom. The Labute approximate surface area is 222 Å². The van der Waals surface area contributed by atoms with Crippen molar-refractivity contribution in [3.05, 3.63) is 78.0 Å². The van der Waals surface area contributed by atoms with Crippen molar-refractivity contribution in [3.63, 3.8) is 0 Å². The molecular formula is C31H35N3O4. The van der Waals surface area contributed by atoms with Crippen LogP contribution < -0.4 is 5.32 Å². The Morgan fingerprint density at radius 3 is 2.61 bits per heavy atom. The monoisotopic (exact) mass is 513 g/mol. The largest absolute Gasteiger partial charge is 0.477 e. The zero-order valence-electron chi connectivity index (χ0n) is 21.7. The number of amides is 2. The Bertz CT molecular complexity index is 1350. The molecule has 2 amide bonds. The van der Waals surface area contributed by atoms with E-state index in [1.54, 1.807) is 35.2 Å². The summed E-state index contributed by atoms with van der Waals surface area (Å²) < 4.78 is 0. The molecule has 2 fully saturated rings. The van der Waals surface area contributed by atoms with Crippen LogP contribution in [-0.4, -0.2) is 45.4 Å². The van der Waals surface area contributed by atoms with Crippen LogP contribution in [0.25, 0.3) is 10.9 Å². The number of rotatable bonds is 6. The summed E-state index contributed by atoms with van der Waals surface area (Å²) in [6.45, 7) is 2.81. The summed E-state index contributed by atoms with van der Waals surface area (Å²) in [6, 6.07) is 16.1. The van der Waals surface area contributed by atoms with Gasteiger partial charge in [-0.25, -0.2) is 4.79 Å². The number of aromatic amines is 1. The van der Waals surface area contributed by atoms with Gasteiger partial charge in [0.15, 0.2) is 0 Å². The number of H-pyrrole nitrogens is 1. The van der Waals surface area contributed by atoms with E-state index in [1.807, 2.05) is 30.3 Å². The molecule has 1 saturated carbocycles. The van der Waals surface area contributed by atoms with Gasteiger partial charge in [0.05, 0.1) is 0 Å². The second kappa shape index (κ2) is 11.3. The molecule has 3 N–H and O–H groups in total. The number of carboxylic acid groups (broad SMARTS) is 1. The van der Waals surface area contributed by atoms with Crippen molar-refractivity contribution < 1.29 is 19.5 Å². The van der Waals surface area contributed by atoms with Crippen LogP contribution in [-0.2, 0) is 9.59 Å². The van der Waals surface area contributed by atoms with E-state index in [-0.39, 0.29) is 23.4 Å². The Morgan fingerprint density at radius 1 is 1.00 bits per heavy atom. The van der Waals surface area contributed by atoms with E-state index < -0.39 is 12.0 Å². The summed E-state index contributed by atoms with van der Waals surface area (Å²) in [5.41, 5.74) is 2.37. The highest BCUT2D eigenvalue weighted by Crippen LogP contribution is 2.35. The molecule has 2 aliphatic rings. The SMILES string of the molecule is CC1CCCC(/C=C/C(=O)N2CC[C@H](c3ccccc3)[C@H]2C(=O)Nc2ccc3[nH]c(C(=O)O)cc3c2)CC1. The highest BCUT2D eigenvalue weighted by atomic mass is 16.4. The number of carboxylic acids is 1. The first-order valence-corrected chi connectivity index (χ1v) is 13.6. The van der Waals surface area contributed by atoms with Crippen LogP contribution in [0.15, 0.2) is 66.7 Å². The van der Waals surface area contributed by atoms with E-state index in [1.165, 1.54) is 19.3 Å². The van der Waals surface area contributed by atoms with Gasteiger partial charge in [-0.2, -0.15) is 0 Å². The molecule has 0 spiro atoms. The predicted molar refractivity (Wildman–Crippen MR) is 148 cm³/mol. The van der Waals surface area contributed by atoms with Crippen LogP contribution in [0.4, 0.5) is 5.69 Å². The number of aromatic nitrogens is 1. The number of fused-ring (bicyclic) bond motifs is 1. The predicted octanol–water partition coefficient (Wildman–Crippen LogP) is 5.96. The van der Waals surface area contributed by atoms with Crippen LogP contribution in [0.3, 0.4) is 0 Å². The Hall–Kier alpha value is -3.87. The number of anilines is 1. The summed E-state index contributed by atoms with van der Waals surface area (Å²) >= 11 is 0. The lowest BCUT2D eigenvalue weighted by molar-refractivity contribution is -0.133. The standard InChI is InChI=1S/C31H35N3O4/c1-20-6-5-7-21(11-10-20)12-15-28(35)34-17-16-25(22-8-3-2-4-9-22)29(34)30(36)32-24-13-14-26-23(18-24)19-27(33-26)31(37)38/h2-4,8-9,12-15,18-21,25,29,33H,5-7,10-11,16-17H2,1H3,(H,32,36)(H,37,38)/b15-12+/t20?,21?,25-,29+/m1/s1. The average Bonchev–Trinajstić information content (AvgIpc) is 3.49. The van der Waals surface area contributed by atoms with E-state index in [0.717, 1.165) is 24.3 Å². The fourth-order valence-electron chi connectivity index (χ4n) is 5.98. The number of likely N-dealkylation sites (tertiary alicyclic amines) is 1. The molecule has 0 radical (unpaired) electrons. The van der Waals surface area contributed by atoms with Crippen molar-refractivity contribution in [2.75, 3.05) is 11.9 Å². The molecule has 1 saturated heterocycles. The molecule has 2 aromatic carbocycles. The number of aromatic carboxylic acids is 1. The number of hydrogen-bond acceptors (Lipinski definition) is 3. The number of nitrogens with zero attached hydrogens (tertiary/aromatic N) is 1. The number of hydrogen-bond donors (Lipinski definition) is 3. The lowest BCUT2D eigenvalue weighted by Gasteiger charge is -2.27. The second-order valence-corrected chi connectivity index (χ2v) is 10.8. The summed E-state index contributed by atoms with van der Waals surface area (Å²) in [7, 11) is 0. The maximum absolute atomic E-state index is 13.7. The van der Waals surface area contributed by atoms with E-state index >= 15 is 0 Å². The Balaban J connectivity index is 1.37. The average molecular weight is 514 g/mol. The molecule has 3 aromatic rings. The van der Waals surface area contributed by atoms with E-state index in [4.69, 9.17) is 0 Å². The second-order valence-electron chi connectivity index (χ2n) is 10.8. The minimum Gasteiger partial charge on any atom is -0.477 e. The molecule has 4 atom stereocenters. The molecular weight excluding hydrogens is 478 g/mol. The summed E-state index contributed by atoms with van der Waals surface area (Å²) in [6.07, 6.45) is 10.3. The number of carbonyl (C=O) groups excluding carboxylic acids is 2. The third-order valence-corrected chi connectivity index (χ3v) is 8.11. The van der Waals surface area contributed by atoms with E-state index in [0.29, 0.717) is 35.5 Å². The van der Waals surface area contributed by atoms with Crippen LogP contribution in [0.5, 0.6) is 0 Å². The van der Waals surface area contributed by atoms with E-state index in [2.05, 4.69) is 23.3 Å². The van der Waals surface area contributed by atoms with Crippen LogP contribution in [0.1, 0.15) is 67.4 Å². The first-order valence-electron chi connectivity index (χ1n) is 13.6. The van der Waals surface area contributed by atoms with Crippen LogP contribution >= 0.6 is 0 Å². The van der Waals surface area contributed by atoms with Crippen LogP contribution in [0, 0.1) is 11.8 Å². The number of nitrogens with one attached hydrogen (secondary N) is 2. The van der Waals surface area contributed by atoms with E-state index in [9.17, 15) is 19.5 Å². The van der Waals surface area contributed by atoms with Gasteiger partial charge in [0, 0.05) is 29.1 Å². The van der Waals surface area contributed by atoms with Crippen molar-refractivity contribution in [1.82, 2.24) is 9.88 Å². The highest BCUT2D eigenvalue weighted by molar-refractivity contribution is 6.02. The molecule has 5 rings (SSSR count). The molecule has 1 aromatic heterocycles. The molecule has 2 unspecified atom stereocenters. The molecule has 198 valence electrons. The number of benzene rings is 2. The molecule has 7 nitrogen and oxygen atoms in total. The van der Waals surface area contributed by atoms with Gasteiger partial charge in [0.25, 0.3) is 0 Å². The maximum Gasteiger partial charge on any atom is 0.352 e. The zero-order chi connectivity index (χ0) is 26.6. The molecule has 38 heavy (non-hydrogen) atoms. The molecule has 7 heteroatoms. The molecule has 0 bridgehead atoms. The minimum absolute atomic E-state index is 0.0927. The van der Waals surface area contributed by atoms with Crippen molar-refractivity contribution >= 4 is 34.4 Å². The third kappa shape index (κ3) is 5.67. The fraction of sp³-hybridized carbons (Fsp3) is 0.387. The van der Waals surface area contributed by atoms with Gasteiger partial charge in [-0.3, -0.25) is 9.59 Å². The fourth-order valence-corrected chi connectivity index (χ4v) is 5.98. The van der Waals surface area contributed by atoms with Gasteiger partial charge < -0.3 is 20.3 Å². The van der Waals surface area contributed by atoms with Gasteiger partial charge in [0.2, 0.25) is 11.8 Å². The minimum atomic E-state index is -1.04. The topological polar surface area (TPSA) is 103 Å². The van der Waals surface area contributed by atoms with Crippen molar-refractivity contribution in [3.8, 4) is 0 Å². The lowest BCUT2D eigenvalue weighted by Crippen LogP contribution is -2.45.